The summed E-state index contributed by atoms with van der Waals surface area (Å²) in [6.45, 7) is 4.44. The van der Waals surface area contributed by atoms with Gasteiger partial charge in [-0.3, -0.25) is 0 Å². The molecule has 100 valence electrons. The highest BCUT2D eigenvalue weighted by Crippen LogP contribution is 2.23. The molecule has 2 aromatic rings. The molecule has 1 heterocycles. The van der Waals surface area contributed by atoms with E-state index >= 15 is 0 Å². The lowest BCUT2D eigenvalue weighted by atomic mass is 10.1. The third-order valence-corrected chi connectivity index (χ3v) is 3.18. The number of aromatic nitrogens is 2. The Bertz CT molecular complexity index is 574. The molecule has 5 heteroatoms. The summed E-state index contributed by atoms with van der Waals surface area (Å²) in [6, 6.07) is 6.31. The van der Waals surface area contributed by atoms with E-state index < -0.39 is 0 Å². The number of rotatable bonds is 4. The van der Waals surface area contributed by atoms with Crippen LogP contribution in [0.25, 0.3) is 0 Å². The van der Waals surface area contributed by atoms with E-state index in [1.54, 1.807) is 12.3 Å². The highest BCUT2D eigenvalue weighted by atomic mass is 35.5. The Balaban J connectivity index is 2.03. The maximum atomic E-state index is 13.0. The molecule has 0 saturated carbocycles. The zero-order valence-electron chi connectivity index (χ0n) is 10.8. The number of halogens is 2. The molecular weight excluding hydrogens is 265 g/mol. The molecule has 0 aliphatic heterocycles. The Morgan fingerprint density at radius 2 is 2.16 bits per heavy atom. The van der Waals surface area contributed by atoms with Gasteiger partial charge in [-0.05, 0) is 37.6 Å². The van der Waals surface area contributed by atoms with Crippen LogP contribution in [0, 0.1) is 12.7 Å². The van der Waals surface area contributed by atoms with Crippen molar-refractivity contribution < 1.29 is 4.39 Å². The van der Waals surface area contributed by atoms with Gasteiger partial charge in [-0.2, -0.15) is 0 Å². The molecule has 0 aliphatic rings. The van der Waals surface area contributed by atoms with Crippen LogP contribution in [0.2, 0.25) is 5.02 Å². The zero-order chi connectivity index (χ0) is 13.8. The highest BCUT2D eigenvalue weighted by Gasteiger charge is 2.10. The Hall–Kier alpha value is -1.52. The SMILES string of the molecule is Cc1nccc(CNC(C)c2ccc(F)cc2Cl)n1. The molecule has 0 aliphatic carbocycles. The van der Waals surface area contributed by atoms with E-state index in [4.69, 9.17) is 11.6 Å². The molecule has 2 rings (SSSR count). The summed E-state index contributed by atoms with van der Waals surface area (Å²) in [4.78, 5) is 8.36. The largest absolute Gasteiger partial charge is 0.305 e. The van der Waals surface area contributed by atoms with Crippen LogP contribution < -0.4 is 5.32 Å². The van der Waals surface area contributed by atoms with E-state index in [9.17, 15) is 4.39 Å². The van der Waals surface area contributed by atoms with Crippen LogP contribution in [-0.4, -0.2) is 9.97 Å². The molecule has 0 bridgehead atoms. The zero-order valence-corrected chi connectivity index (χ0v) is 11.6. The third-order valence-electron chi connectivity index (χ3n) is 2.85. The Morgan fingerprint density at radius 3 is 2.84 bits per heavy atom. The van der Waals surface area contributed by atoms with Crippen molar-refractivity contribution in [1.29, 1.82) is 0 Å². The third kappa shape index (κ3) is 3.72. The number of nitrogens with one attached hydrogen (secondary N) is 1. The Morgan fingerprint density at radius 1 is 1.37 bits per heavy atom. The number of hydrogen-bond acceptors (Lipinski definition) is 3. The fourth-order valence-electron chi connectivity index (χ4n) is 1.82. The van der Waals surface area contributed by atoms with Crippen molar-refractivity contribution in [2.45, 2.75) is 26.4 Å². The minimum atomic E-state index is -0.327. The molecule has 3 nitrogen and oxygen atoms in total. The monoisotopic (exact) mass is 279 g/mol. The summed E-state index contributed by atoms with van der Waals surface area (Å²) < 4.78 is 13.0. The molecule has 0 radical (unpaired) electrons. The predicted molar refractivity (Wildman–Crippen MR) is 73.4 cm³/mol. The molecule has 1 N–H and O–H groups in total. The number of aryl methyl sites for hydroxylation is 1. The first-order valence-electron chi connectivity index (χ1n) is 6.03. The molecule has 1 atom stereocenters. The van der Waals surface area contributed by atoms with Crippen molar-refractivity contribution in [3.05, 3.63) is 58.4 Å². The first-order chi connectivity index (χ1) is 9.06. The van der Waals surface area contributed by atoms with Gasteiger partial charge in [0.15, 0.2) is 0 Å². The smallest absolute Gasteiger partial charge is 0.125 e. The van der Waals surface area contributed by atoms with Crippen molar-refractivity contribution in [1.82, 2.24) is 15.3 Å². The van der Waals surface area contributed by atoms with E-state index in [-0.39, 0.29) is 11.9 Å². The van der Waals surface area contributed by atoms with E-state index in [2.05, 4.69) is 15.3 Å². The number of benzene rings is 1. The molecule has 0 saturated heterocycles. The lowest BCUT2D eigenvalue weighted by molar-refractivity contribution is 0.563. The van der Waals surface area contributed by atoms with Crippen LogP contribution in [0.3, 0.4) is 0 Å². The minimum Gasteiger partial charge on any atom is -0.305 e. The fraction of sp³-hybridized carbons (Fsp3) is 0.286. The highest BCUT2D eigenvalue weighted by molar-refractivity contribution is 6.31. The van der Waals surface area contributed by atoms with Crippen molar-refractivity contribution in [2.75, 3.05) is 0 Å². The second-order valence-corrected chi connectivity index (χ2v) is 4.77. The van der Waals surface area contributed by atoms with Crippen LogP contribution in [0.1, 0.15) is 30.0 Å². The first-order valence-corrected chi connectivity index (χ1v) is 6.41. The first kappa shape index (κ1) is 13.9. The van der Waals surface area contributed by atoms with E-state index in [1.165, 1.54) is 12.1 Å². The van der Waals surface area contributed by atoms with Gasteiger partial charge in [0.05, 0.1) is 5.69 Å². The van der Waals surface area contributed by atoms with Crippen LogP contribution in [0.4, 0.5) is 4.39 Å². The van der Waals surface area contributed by atoms with E-state index in [0.29, 0.717) is 11.6 Å². The average Bonchev–Trinajstić information content (AvgIpc) is 2.36. The van der Waals surface area contributed by atoms with Gasteiger partial charge in [0, 0.05) is 23.8 Å². The van der Waals surface area contributed by atoms with E-state index in [0.717, 1.165) is 17.1 Å². The maximum absolute atomic E-state index is 13.0. The fourth-order valence-corrected chi connectivity index (χ4v) is 2.15. The Kier molecular flexibility index (Phi) is 4.45. The molecule has 1 aromatic heterocycles. The normalized spacial score (nSPS) is 12.4. The molecule has 0 amide bonds. The van der Waals surface area contributed by atoms with Gasteiger partial charge in [0.25, 0.3) is 0 Å². The second-order valence-electron chi connectivity index (χ2n) is 4.36. The number of hydrogen-bond donors (Lipinski definition) is 1. The average molecular weight is 280 g/mol. The van der Waals surface area contributed by atoms with Crippen LogP contribution in [0.15, 0.2) is 30.5 Å². The lowest BCUT2D eigenvalue weighted by Gasteiger charge is -2.15. The maximum Gasteiger partial charge on any atom is 0.125 e. The van der Waals surface area contributed by atoms with Crippen molar-refractivity contribution in [3.63, 3.8) is 0 Å². The van der Waals surface area contributed by atoms with Gasteiger partial charge >= 0.3 is 0 Å². The second kappa shape index (κ2) is 6.08. The van der Waals surface area contributed by atoms with Gasteiger partial charge in [-0.15, -0.1) is 0 Å². The van der Waals surface area contributed by atoms with Crippen molar-refractivity contribution in [2.24, 2.45) is 0 Å². The summed E-state index contributed by atoms with van der Waals surface area (Å²) in [7, 11) is 0. The predicted octanol–water partition coefficient (Wildman–Crippen LogP) is 3.43. The topological polar surface area (TPSA) is 37.8 Å². The summed E-state index contributed by atoms with van der Waals surface area (Å²) >= 11 is 6.03. The molecule has 0 spiro atoms. The van der Waals surface area contributed by atoms with Gasteiger partial charge < -0.3 is 5.32 Å². The minimum absolute atomic E-state index is 0.0170. The molecule has 19 heavy (non-hydrogen) atoms. The van der Waals surface area contributed by atoms with E-state index in [1.807, 2.05) is 19.9 Å². The van der Waals surface area contributed by atoms with Crippen LogP contribution >= 0.6 is 11.6 Å². The summed E-state index contributed by atoms with van der Waals surface area (Å²) in [5.74, 6) is 0.416. The molecule has 1 unspecified atom stereocenters. The summed E-state index contributed by atoms with van der Waals surface area (Å²) in [6.07, 6.45) is 1.73. The van der Waals surface area contributed by atoms with Crippen LogP contribution in [0.5, 0.6) is 0 Å². The molecule has 1 aromatic carbocycles. The standard InChI is InChI=1S/C14H15ClFN3/c1-9(13-4-3-11(16)7-14(13)15)18-8-12-5-6-17-10(2)19-12/h3-7,9,18H,8H2,1-2H3. The quantitative estimate of drug-likeness (QED) is 0.932. The van der Waals surface area contributed by atoms with Gasteiger partial charge in [-0.1, -0.05) is 17.7 Å². The van der Waals surface area contributed by atoms with Gasteiger partial charge in [-0.25, -0.2) is 14.4 Å². The van der Waals surface area contributed by atoms with Gasteiger partial charge in [0.1, 0.15) is 11.6 Å². The van der Waals surface area contributed by atoms with Crippen LogP contribution in [-0.2, 0) is 6.54 Å². The number of nitrogens with zero attached hydrogens (tertiary/aromatic N) is 2. The molecular formula is C14H15ClFN3. The Labute approximate surface area is 116 Å². The molecule has 0 fully saturated rings. The van der Waals surface area contributed by atoms with Gasteiger partial charge in [0.2, 0.25) is 0 Å². The lowest BCUT2D eigenvalue weighted by Crippen LogP contribution is -2.19. The van der Waals surface area contributed by atoms with Crippen molar-refractivity contribution in [3.8, 4) is 0 Å². The summed E-state index contributed by atoms with van der Waals surface area (Å²) in [5, 5.41) is 3.74. The van der Waals surface area contributed by atoms with Crippen molar-refractivity contribution >= 4 is 11.6 Å². The summed E-state index contributed by atoms with van der Waals surface area (Å²) in [5.41, 5.74) is 1.78.